The average molecular weight is 969 g/mol. The molecule has 4 aromatic rings. The molecule has 8 rings (SSSR count). The van der Waals surface area contributed by atoms with Crippen molar-refractivity contribution in [3.63, 3.8) is 0 Å². The van der Waals surface area contributed by atoms with Crippen LogP contribution in [0.3, 0.4) is 0 Å². The summed E-state index contributed by atoms with van der Waals surface area (Å²) in [4.78, 5) is 65.8. The van der Waals surface area contributed by atoms with Gasteiger partial charge in [-0.1, -0.05) is 136 Å². The molecule has 0 spiro atoms. The topological polar surface area (TPSA) is 181 Å². The first kappa shape index (κ1) is 59.6. The number of carbonyl (C=O) groups excluding carboxylic acids is 3. The molecule has 1 N–H and O–H groups in total. The van der Waals surface area contributed by atoms with E-state index in [9.17, 15) is 19.2 Å². The van der Waals surface area contributed by atoms with Crippen molar-refractivity contribution in [1.82, 2.24) is 9.80 Å². The number of benzene rings is 4. The predicted molar refractivity (Wildman–Crippen MR) is 288 cm³/mol. The Kier molecular flexibility index (Phi) is 24.2. The van der Waals surface area contributed by atoms with Crippen LogP contribution in [0, 0.1) is 26.1 Å². The van der Waals surface area contributed by atoms with Gasteiger partial charge in [0.2, 0.25) is 11.8 Å². The molecule has 1 unspecified atom stereocenters. The molecule has 13 nitrogen and oxygen atoms in total. The molecule has 2 amide bonds. The Hall–Kier alpha value is -7.54. The van der Waals surface area contributed by atoms with E-state index in [-0.39, 0.29) is 24.2 Å². The minimum Gasteiger partial charge on any atom is -0.481 e. The molecular weight excluding hydrogens is 897 g/mol. The van der Waals surface area contributed by atoms with E-state index in [1.807, 2.05) is 108 Å². The van der Waals surface area contributed by atoms with Crippen LogP contribution in [0.5, 0.6) is 0 Å². The number of aliphatic carboxylic acids is 1. The van der Waals surface area contributed by atoms with Crippen LogP contribution in [0.1, 0.15) is 124 Å². The lowest BCUT2D eigenvalue weighted by Gasteiger charge is -2.12. The van der Waals surface area contributed by atoms with Gasteiger partial charge in [0.05, 0.1) is 19.3 Å². The Morgan fingerprint density at radius 2 is 0.930 bits per heavy atom. The summed E-state index contributed by atoms with van der Waals surface area (Å²) in [6.07, 6.45) is 7.18. The van der Waals surface area contributed by atoms with Gasteiger partial charge in [0.25, 0.3) is 0 Å². The number of rotatable bonds is 6. The van der Waals surface area contributed by atoms with Crippen molar-refractivity contribution >= 4 is 51.4 Å². The third kappa shape index (κ3) is 16.8. The molecule has 71 heavy (non-hydrogen) atoms. The lowest BCUT2D eigenvalue weighted by molar-refractivity contribution is -0.445. The largest absolute Gasteiger partial charge is 0.481 e. The van der Waals surface area contributed by atoms with Crippen LogP contribution in [0.15, 0.2) is 126 Å². The van der Waals surface area contributed by atoms with Crippen LogP contribution >= 0.6 is 0 Å². The Morgan fingerprint density at radius 3 is 1.28 bits per heavy atom. The number of hydrogen-bond acceptors (Lipinski definition) is 8. The molecule has 378 valence electrons. The van der Waals surface area contributed by atoms with Gasteiger partial charge in [-0.15, -0.1) is 0 Å². The number of Topliss-reactive ketones (excluding diaryl/α,β-unsaturated/α-hetero) is 1. The van der Waals surface area contributed by atoms with Crippen molar-refractivity contribution in [2.75, 3.05) is 42.3 Å². The zero-order chi connectivity index (χ0) is 53.7. The van der Waals surface area contributed by atoms with Crippen LogP contribution < -0.4 is 0 Å². The third-order valence-electron chi connectivity index (χ3n) is 11.9. The van der Waals surface area contributed by atoms with Crippen molar-refractivity contribution in [3.05, 3.63) is 191 Å². The van der Waals surface area contributed by atoms with Gasteiger partial charge in [0, 0.05) is 49.5 Å². The maximum absolute atomic E-state index is 11.9. The molecule has 0 fully saturated rings. The van der Waals surface area contributed by atoms with E-state index in [0.29, 0.717) is 18.6 Å². The van der Waals surface area contributed by atoms with E-state index in [2.05, 4.69) is 56.3 Å². The number of carboxylic acids is 1. The van der Waals surface area contributed by atoms with Gasteiger partial charge in [-0.2, -0.15) is 0 Å². The average Bonchev–Trinajstić information content (AvgIpc) is 3.99. The predicted octanol–water partition coefficient (Wildman–Crippen LogP) is 12.1. The fraction of sp³-hybridized carbons (Fsp3) is 0.345. The van der Waals surface area contributed by atoms with E-state index in [1.54, 1.807) is 38.0 Å². The molecule has 0 aliphatic heterocycles. The number of fused-ring (bicyclic) bond motifs is 4. The Labute approximate surface area is 420 Å². The number of carboxylic acid groups (broad SMARTS) is 1. The minimum absolute atomic E-state index is 0.142. The maximum atomic E-state index is 11.9. The maximum Gasteiger partial charge on any atom is 0.307 e. The first-order chi connectivity index (χ1) is 33.5. The zero-order valence-electron chi connectivity index (χ0n) is 44.0. The molecule has 0 heterocycles. The van der Waals surface area contributed by atoms with Gasteiger partial charge in [-0.3, -0.25) is 39.4 Å². The fourth-order valence-electron chi connectivity index (χ4n) is 8.53. The molecule has 0 bridgehead atoms. The van der Waals surface area contributed by atoms with Gasteiger partial charge in [0.15, 0.2) is 19.9 Å². The Balaban J connectivity index is 0.000000308. The number of nitrogens with zero attached hydrogens (tertiary/aromatic N) is 4. The molecule has 0 aromatic heterocycles. The second-order valence-electron chi connectivity index (χ2n) is 17.3. The summed E-state index contributed by atoms with van der Waals surface area (Å²) in [6.45, 7) is 16.3. The number of allylic oxidation sites excluding steroid dienone is 7. The molecule has 1 atom stereocenters. The molecule has 0 saturated heterocycles. The first-order valence-electron chi connectivity index (χ1n) is 23.6. The summed E-state index contributed by atoms with van der Waals surface area (Å²) in [5, 5.41) is 26.4. The highest BCUT2D eigenvalue weighted by Gasteiger charge is 2.27. The standard InChI is InChI=1S/2C16H19NO.C12H12O2.C10H10O.C2H6.2CH3NO2/c2*1-5-12-11(2)15(10-16(18)17(3)4)14-9-7-6-8-13(12)14;1-8-6-9-4-2-3-5-10(9)11(8)7-12(13)14;1-7-6-8-4-2-3-5-9(8)10(7)11;1-2;2*1-2(3)4/h2*5-9H,10H2,1-4H3;2-5H,6-7H2,1H3,(H,13,14);2-5,7H,6H2,1H3;1-2H3;2*1H3/b2*12-5-;;;;;. The Morgan fingerprint density at radius 1 is 0.592 bits per heavy atom. The van der Waals surface area contributed by atoms with Crippen LogP contribution in [-0.2, 0) is 27.2 Å². The lowest BCUT2D eigenvalue weighted by Crippen LogP contribution is -2.21. The quantitative estimate of drug-likeness (QED) is 0.145. The molecule has 4 aliphatic carbocycles. The van der Waals surface area contributed by atoms with Gasteiger partial charge >= 0.3 is 5.97 Å². The van der Waals surface area contributed by atoms with Crippen LogP contribution in [0.2, 0.25) is 0 Å². The smallest absolute Gasteiger partial charge is 0.307 e. The number of amides is 2. The van der Waals surface area contributed by atoms with Crippen LogP contribution in [-0.4, -0.2) is 90.6 Å². The van der Waals surface area contributed by atoms with Gasteiger partial charge in [-0.25, -0.2) is 0 Å². The van der Waals surface area contributed by atoms with Crippen molar-refractivity contribution in [2.24, 2.45) is 5.92 Å². The van der Waals surface area contributed by atoms with Crippen molar-refractivity contribution in [2.45, 2.75) is 87.5 Å². The molecular formula is C58H72N4O9. The van der Waals surface area contributed by atoms with E-state index < -0.39 is 15.8 Å². The monoisotopic (exact) mass is 969 g/mol. The van der Waals surface area contributed by atoms with Gasteiger partial charge < -0.3 is 14.9 Å². The highest BCUT2D eigenvalue weighted by Crippen LogP contribution is 2.44. The molecule has 0 saturated carbocycles. The highest BCUT2D eigenvalue weighted by atomic mass is 16.6. The Bertz CT molecular complexity index is 2610. The lowest BCUT2D eigenvalue weighted by atomic mass is 10.0. The molecule has 0 radical (unpaired) electrons. The second-order valence-corrected chi connectivity index (χ2v) is 17.3. The number of carbonyl (C=O) groups is 4. The van der Waals surface area contributed by atoms with E-state index >= 15 is 0 Å². The van der Waals surface area contributed by atoms with E-state index in [1.165, 1.54) is 61.2 Å². The summed E-state index contributed by atoms with van der Waals surface area (Å²) in [5.74, 6) is 0.0528. The normalized spacial score (nSPS) is 15.2. The van der Waals surface area contributed by atoms with Crippen LogP contribution in [0.25, 0.3) is 27.9 Å². The summed E-state index contributed by atoms with van der Waals surface area (Å²) < 4.78 is 0. The number of ketones is 1. The molecule has 13 heteroatoms. The summed E-state index contributed by atoms with van der Waals surface area (Å²) in [5.41, 5.74) is 18.9. The third-order valence-corrected chi connectivity index (χ3v) is 11.9. The van der Waals surface area contributed by atoms with E-state index in [0.717, 1.165) is 54.8 Å². The van der Waals surface area contributed by atoms with Crippen LogP contribution in [0.4, 0.5) is 0 Å². The summed E-state index contributed by atoms with van der Waals surface area (Å²) in [6, 6.07) is 32.5. The second kappa shape index (κ2) is 28.8. The molecule has 4 aliphatic rings. The SMILES string of the molecule is C/C=C1/C(C)=C(CC(=O)N(C)C)c2ccccc21.C/C=C1/C(C)=C(CC(=O)N(C)C)c2ccccc21.CC.CC1=C(CC(=O)O)c2ccccc2C1.CC1Cc2ccccc2C1=O.C[N+](=O)[O-].C[N+](=O)[O-]. The number of hydrogen-bond donors (Lipinski definition) is 1. The first-order valence-corrected chi connectivity index (χ1v) is 23.6. The van der Waals surface area contributed by atoms with Crippen molar-refractivity contribution in [3.8, 4) is 0 Å². The van der Waals surface area contributed by atoms with Crippen molar-refractivity contribution in [1.29, 1.82) is 0 Å². The summed E-state index contributed by atoms with van der Waals surface area (Å²) >= 11 is 0. The fourth-order valence-corrected chi connectivity index (χ4v) is 8.53. The molecule has 4 aromatic carbocycles. The highest BCUT2D eigenvalue weighted by molar-refractivity contribution is 6.05. The van der Waals surface area contributed by atoms with Gasteiger partial charge in [-0.05, 0) is 125 Å². The zero-order valence-corrected chi connectivity index (χ0v) is 44.0. The van der Waals surface area contributed by atoms with E-state index in [4.69, 9.17) is 25.3 Å². The summed E-state index contributed by atoms with van der Waals surface area (Å²) in [7, 11) is 8.98. The number of nitro groups is 2. The van der Waals surface area contributed by atoms with Gasteiger partial charge in [0.1, 0.15) is 0 Å². The minimum atomic E-state index is -0.754. The van der Waals surface area contributed by atoms with Crippen molar-refractivity contribution < 1.29 is 34.1 Å².